The van der Waals surface area contributed by atoms with Gasteiger partial charge in [0.2, 0.25) is 5.91 Å². The van der Waals surface area contributed by atoms with Crippen LogP contribution in [0.3, 0.4) is 0 Å². The maximum atomic E-state index is 14.5. The molecule has 2 bridgehead atoms. The van der Waals surface area contributed by atoms with Gasteiger partial charge in [0.25, 0.3) is 0 Å². The number of halogens is 2. The summed E-state index contributed by atoms with van der Waals surface area (Å²) in [6.07, 6.45) is 2.50. The van der Waals surface area contributed by atoms with Crippen LogP contribution in [0.5, 0.6) is 0 Å². The van der Waals surface area contributed by atoms with E-state index in [0.29, 0.717) is 18.1 Å². The van der Waals surface area contributed by atoms with Crippen LogP contribution in [0.15, 0.2) is 18.2 Å². The van der Waals surface area contributed by atoms with Crippen LogP contribution >= 0.6 is 0 Å². The van der Waals surface area contributed by atoms with Gasteiger partial charge in [-0.05, 0) is 48.0 Å². The van der Waals surface area contributed by atoms with Crippen LogP contribution in [0, 0.1) is 40.2 Å². The average molecular weight is 377 g/mol. The van der Waals surface area contributed by atoms with Gasteiger partial charge >= 0.3 is 0 Å². The smallest absolute Gasteiger partial charge is 0.222 e. The number of ether oxygens (including phenoxy) is 1. The zero-order valence-corrected chi connectivity index (χ0v) is 16.5. The Morgan fingerprint density at radius 3 is 2.70 bits per heavy atom. The third-order valence-electron chi connectivity index (χ3n) is 7.58. The first-order chi connectivity index (χ1) is 12.7. The Morgan fingerprint density at radius 2 is 2.04 bits per heavy atom. The highest BCUT2D eigenvalue weighted by Gasteiger charge is 2.68. The first kappa shape index (κ1) is 18.9. The van der Waals surface area contributed by atoms with E-state index in [0.717, 1.165) is 25.3 Å². The quantitative estimate of drug-likeness (QED) is 0.835. The van der Waals surface area contributed by atoms with Crippen LogP contribution in [-0.2, 0) is 9.53 Å². The number of carbonyl (C=O) groups is 1. The van der Waals surface area contributed by atoms with Crippen molar-refractivity contribution in [3.63, 3.8) is 0 Å². The van der Waals surface area contributed by atoms with Crippen molar-refractivity contribution in [2.45, 2.75) is 59.1 Å². The maximum absolute atomic E-state index is 14.5. The van der Waals surface area contributed by atoms with Crippen LogP contribution < -0.4 is 5.32 Å². The first-order valence-electron chi connectivity index (χ1n) is 10.0. The highest BCUT2D eigenvalue weighted by atomic mass is 19.1. The largest absolute Gasteiger partial charge is 0.373 e. The van der Waals surface area contributed by atoms with Crippen LogP contribution in [-0.4, -0.2) is 18.6 Å². The minimum atomic E-state index is -0.571. The summed E-state index contributed by atoms with van der Waals surface area (Å²) in [5.41, 5.74) is 0.368. The Kier molecular flexibility index (Phi) is 4.37. The number of amides is 1. The zero-order chi connectivity index (χ0) is 19.6. The van der Waals surface area contributed by atoms with Gasteiger partial charge in [0.05, 0.1) is 6.10 Å². The van der Waals surface area contributed by atoms with Crippen LogP contribution in [0.4, 0.5) is 8.78 Å². The van der Waals surface area contributed by atoms with Crippen molar-refractivity contribution in [1.29, 1.82) is 0 Å². The Hall–Kier alpha value is -1.49. The summed E-state index contributed by atoms with van der Waals surface area (Å²) in [4.78, 5) is 12.5. The molecule has 1 spiro atoms. The number of benzene rings is 1. The molecule has 3 fully saturated rings. The van der Waals surface area contributed by atoms with Crippen molar-refractivity contribution in [3.05, 3.63) is 35.4 Å². The van der Waals surface area contributed by atoms with Gasteiger partial charge in [-0.25, -0.2) is 8.78 Å². The van der Waals surface area contributed by atoms with Crippen LogP contribution in [0.2, 0.25) is 0 Å². The molecule has 1 aromatic rings. The minimum absolute atomic E-state index is 0.00425. The number of fused-ring (bicyclic) bond motifs is 1. The zero-order valence-electron chi connectivity index (χ0n) is 16.5. The molecule has 5 atom stereocenters. The van der Waals surface area contributed by atoms with Gasteiger partial charge in [-0.3, -0.25) is 4.79 Å². The second-order valence-corrected chi connectivity index (χ2v) is 9.60. The van der Waals surface area contributed by atoms with E-state index >= 15 is 0 Å². The lowest BCUT2D eigenvalue weighted by molar-refractivity contribution is -0.139. The lowest BCUT2D eigenvalue weighted by Gasteiger charge is -2.53. The fraction of sp³-hybridized carbons (Fsp3) is 0.682. The van der Waals surface area contributed by atoms with E-state index in [-0.39, 0.29) is 40.7 Å². The molecule has 2 aliphatic carbocycles. The SMILES string of the molecule is CC(C)C(=O)N[C@H]1C(C)(C)[C@@H]2C[C@@H]3[C@@H](c4ccc(F)cc4F)OCCC31C2. The van der Waals surface area contributed by atoms with Crippen molar-refractivity contribution < 1.29 is 18.3 Å². The van der Waals surface area contributed by atoms with E-state index in [9.17, 15) is 13.6 Å². The molecule has 0 aromatic heterocycles. The molecule has 148 valence electrons. The maximum Gasteiger partial charge on any atom is 0.222 e. The van der Waals surface area contributed by atoms with Crippen LogP contribution in [0.1, 0.15) is 58.6 Å². The summed E-state index contributed by atoms with van der Waals surface area (Å²) in [7, 11) is 0. The summed E-state index contributed by atoms with van der Waals surface area (Å²) in [5.74, 6) is -0.501. The molecule has 1 heterocycles. The number of hydrogen-bond donors (Lipinski definition) is 1. The number of carbonyl (C=O) groups excluding carboxylic acids is 1. The summed E-state index contributed by atoms with van der Waals surface area (Å²) >= 11 is 0. The van der Waals surface area contributed by atoms with Crippen molar-refractivity contribution in [2.24, 2.45) is 28.6 Å². The second-order valence-electron chi connectivity index (χ2n) is 9.60. The first-order valence-corrected chi connectivity index (χ1v) is 10.0. The summed E-state index contributed by atoms with van der Waals surface area (Å²) in [6.45, 7) is 8.85. The molecule has 1 aliphatic heterocycles. The molecule has 5 heteroatoms. The fourth-order valence-corrected chi connectivity index (χ4v) is 6.14. The lowest BCUT2D eigenvalue weighted by atomic mass is 9.58. The summed E-state index contributed by atoms with van der Waals surface area (Å²) in [5, 5.41) is 3.34. The molecular formula is C22H29F2NO2. The third kappa shape index (κ3) is 2.72. The molecule has 1 aromatic carbocycles. The molecular weight excluding hydrogens is 348 g/mol. The third-order valence-corrected chi connectivity index (χ3v) is 7.58. The van der Waals surface area contributed by atoms with E-state index < -0.39 is 11.6 Å². The molecule has 0 radical (unpaired) electrons. The molecule has 3 nitrogen and oxygen atoms in total. The summed E-state index contributed by atoms with van der Waals surface area (Å²) < 4.78 is 33.9. The molecule has 2 saturated carbocycles. The Morgan fingerprint density at radius 1 is 1.30 bits per heavy atom. The van der Waals surface area contributed by atoms with Crippen molar-refractivity contribution in [1.82, 2.24) is 5.32 Å². The molecule has 1 N–H and O–H groups in total. The molecule has 3 aliphatic rings. The standard InChI is InChI=1S/C22H29F2NO2/c1-12(2)19(26)25-20-21(3,4)13-9-16-18(27-8-7-22(16,20)11-13)15-6-5-14(23)10-17(15)24/h5-6,10,12-13,16,18,20H,7-9,11H2,1-4H3,(H,25,26)/t13-,16-,18-,20+,22?/m1/s1. The number of nitrogens with one attached hydrogen (secondary N) is 1. The molecule has 1 amide bonds. The van der Waals surface area contributed by atoms with Gasteiger partial charge < -0.3 is 10.1 Å². The van der Waals surface area contributed by atoms with Crippen LogP contribution in [0.25, 0.3) is 0 Å². The van der Waals surface area contributed by atoms with E-state index in [4.69, 9.17) is 4.74 Å². The Labute approximate surface area is 159 Å². The predicted octanol–water partition coefficient (Wildman–Crippen LogP) is 4.62. The molecule has 1 saturated heterocycles. The lowest BCUT2D eigenvalue weighted by Crippen LogP contribution is -2.59. The van der Waals surface area contributed by atoms with Gasteiger partial charge in [-0.15, -0.1) is 0 Å². The minimum Gasteiger partial charge on any atom is -0.373 e. The van der Waals surface area contributed by atoms with E-state index in [2.05, 4.69) is 19.2 Å². The average Bonchev–Trinajstić information content (AvgIpc) is 3.07. The highest BCUT2D eigenvalue weighted by molar-refractivity contribution is 5.78. The van der Waals surface area contributed by atoms with Gasteiger partial charge in [0, 0.05) is 30.2 Å². The summed E-state index contributed by atoms with van der Waals surface area (Å²) in [6, 6.07) is 3.82. The fourth-order valence-electron chi connectivity index (χ4n) is 6.14. The van der Waals surface area contributed by atoms with Gasteiger partial charge in [0.15, 0.2) is 0 Å². The van der Waals surface area contributed by atoms with Gasteiger partial charge in [-0.2, -0.15) is 0 Å². The van der Waals surface area contributed by atoms with Gasteiger partial charge in [0.1, 0.15) is 11.6 Å². The van der Waals surface area contributed by atoms with Crippen molar-refractivity contribution >= 4 is 5.91 Å². The number of rotatable bonds is 3. The molecule has 1 unspecified atom stereocenters. The topological polar surface area (TPSA) is 38.3 Å². The van der Waals surface area contributed by atoms with Crippen molar-refractivity contribution in [2.75, 3.05) is 6.61 Å². The monoisotopic (exact) mass is 377 g/mol. The predicted molar refractivity (Wildman–Crippen MR) is 98.9 cm³/mol. The van der Waals surface area contributed by atoms with Gasteiger partial charge in [-0.1, -0.05) is 33.8 Å². The van der Waals surface area contributed by atoms with E-state index in [1.165, 1.54) is 12.1 Å². The van der Waals surface area contributed by atoms with E-state index in [1.807, 2.05) is 13.8 Å². The highest BCUT2D eigenvalue weighted by Crippen LogP contribution is 2.70. The van der Waals surface area contributed by atoms with Crippen molar-refractivity contribution in [3.8, 4) is 0 Å². The molecule has 4 rings (SSSR count). The number of hydrogen-bond acceptors (Lipinski definition) is 2. The Bertz CT molecular complexity index is 763. The second kappa shape index (κ2) is 6.26. The Balaban J connectivity index is 1.71. The molecule has 27 heavy (non-hydrogen) atoms. The normalized spacial score (nSPS) is 36.7. The van der Waals surface area contributed by atoms with E-state index in [1.54, 1.807) is 0 Å².